The topological polar surface area (TPSA) is 77.3 Å². The minimum Gasteiger partial charge on any atom is -0.258 e. The zero-order valence-electron chi connectivity index (χ0n) is 8.35. The van der Waals surface area contributed by atoms with Gasteiger partial charge in [0.15, 0.2) is 0 Å². The first-order valence-corrected chi connectivity index (χ1v) is 6.47. The molecule has 0 amide bonds. The van der Waals surface area contributed by atoms with Crippen LogP contribution in [0.4, 0.5) is 14.5 Å². The number of benzene rings is 1. The minimum absolute atomic E-state index is 0.291. The van der Waals surface area contributed by atoms with Crippen molar-refractivity contribution in [1.29, 1.82) is 0 Å². The van der Waals surface area contributed by atoms with Crippen LogP contribution in [0.2, 0.25) is 0 Å². The molecule has 0 unspecified atom stereocenters. The summed E-state index contributed by atoms with van der Waals surface area (Å²) < 4.78 is 47.4. The van der Waals surface area contributed by atoms with E-state index >= 15 is 0 Å². The molecule has 0 radical (unpaired) electrons. The quantitative estimate of drug-likeness (QED) is 0.486. The van der Waals surface area contributed by atoms with Crippen LogP contribution in [0.3, 0.4) is 0 Å². The molecule has 9 heteroatoms. The normalized spacial score (nSPS) is 11.8. The lowest BCUT2D eigenvalue weighted by atomic mass is 10.1. The number of alkyl halides is 2. The van der Waals surface area contributed by atoms with Gasteiger partial charge in [-0.15, -0.1) is 0 Å². The fourth-order valence-corrected chi connectivity index (χ4v) is 2.51. The molecule has 0 spiro atoms. The van der Waals surface area contributed by atoms with Crippen molar-refractivity contribution in [1.82, 2.24) is 0 Å². The Kier molecular flexibility index (Phi) is 3.68. The largest absolute Gasteiger partial charge is 0.271 e. The van der Waals surface area contributed by atoms with E-state index in [1.807, 2.05) is 0 Å². The highest BCUT2D eigenvalue weighted by Crippen LogP contribution is 2.33. The van der Waals surface area contributed by atoms with E-state index in [0.717, 1.165) is 6.92 Å². The van der Waals surface area contributed by atoms with Crippen LogP contribution in [0, 0.1) is 17.0 Å². The van der Waals surface area contributed by atoms with Crippen LogP contribution in [0.1, 0.15) is 17.6 Å². The van der Waals surface area contributed by atoms with E-state index in [9.17, 15) is 27.3 Å². The van der Waals surface area contributed by atoms with Gasteiger partial charge >= 0.3 is 0 Å². The van der Waals surface area contributed by atoms with Crippen molar-refractivity contribution in [3.63, 3.8) is 0 Å². The molecular weight excluding hydrogens is 280 g/mol. The molecule has 0 bridgehead atoms. The molecule has 0 saturated carbocycles. The predicted octanol–water partition coefficient (Wildman–Crippen LogP) is 2.77. The predicted molar refractivity (Wildman–Crippen MR) is 55.8 cm³/mol. The molecule has 0 fully saturated rings. The maximum atomic E-state index is 12.6. The lowest BCUT2D eigenvalue weighted by Gasteiger charge is -2.08. The SMILES string of the molecule is Cc1c(C(F)F)cc([N+](=O)[O-])cc1S(=O)(=O)Cl. The second kappa shape index (κ2) is 4.53. The lowest BCUT2D eigenvalue weighted by molar-refractivity contribution is -0.385. The van der Waals surface area contributed by atoms with Gasteiger partial charge in [-0.2, -0.15) is 0 Å². The van der Waals surface area contributed by atoms with Gasteiger partial charge in [-0.3, -0.25) is 10.1 Å². The second-order valence-corrected chi connectivity index (χ2v) is 5.69. The van der Waals surface area contributed by atoms with E-state index in [2.05, 4.69) is 0 Å². The van der Waals surface area contributed by atoms with Crippen molar-refractivity contribution in [2.24, 2.45) is 0 Å². The Morgan fingerprint density at radius 2 is 1.94 bits per heavy atom. The van der Waals surface area contributed by atoms with Crippen LogP contribution in [0.5, 0.6) is 0 Å². The molecule has 1 aromatic carbocycles. The highest BCUT2D eigenvalue weighted by Gasteiger charge is 2.25. The summed E-state index contributed by atoms with van der Waals surface area (Å²) in [6, 6.07) is 1.29. The number of nitro benzene ring substituents is 1. The van der Waals surface area contributed by atoms with E-state index in [1.54, 1.807) is 0 Å². The van der Waals surface area contributed by atoms with E-state index in [-0.39, 0.29) is 5.56 Å². The lowest BCUT2D eigenvalue weighted by Crippen LogP contribution is -2.02. The van der Waals surface area contributed by atoms with Crippen LogP contribution in [-0.2, 0) is 9.05 Å². The Bertz CT molecular complexity index is 573. The van der Waals surface area contributed by atoms with Crippen molar-refractivity contribution < 1.29 is 22.1 Å². The third-order valence-corrected chi connectivity index (χ3v) is 3.54. The molecule has 5 nitrogen and oxygen atoms in total. The molecule has 0 heterocycles. The molecule has 1 aromatic rings. The highest BCUT2D eigenvalue weighted by molar-refractivity contribution is 8.13. The summed E-state index contributed by atoms with van der Waals surface area (Å²) in [6.45, 7) is 1.11. The van der Waals surface area contributed by atoms with Gasteiger partial charge in [0.1, 0.15) is 0 Å². The Labute approximate surface area is 99.6 Å². The fourth-order valence-electron chi connectivity index (χ4n) is 1.28. The standard InChI is InChI=1S/C8H6ClF2NO4S/c1-4-6(8(10)11)2-5(12(13)14)3-7(4)17(9,15)16/h2-3,8H,1H3. The van der Waals surface area contributed by atoms with Crippen molar-refractivity contribution in [2.75, 3.05) is 0 Å². The summed E-state index contributed by atoms with van der Waals surface area (Å²) >= 11 is 0. The third kappa shape index (κ3) is 2.89. The molecule has 0 aromatic heterocycles. The summed E-state index contributed by atoms with van der Waals surface area (Å²) in [4.78, 5) is 8.85. The third-order valence-electron chi connectivity index (χ3n) is 2.09. The van der Waals surface area contributed by atoms with Crippen molar-refractivity contribution in [2.45, 2.75) is 18.2 Å². The zero-order valence-corrected chi connectivity index (χ0v) is 9.93. The number of rotatable bonds is 3. The van der Waals surface area contributed by atoms with Gasteiger partial charge < -0.3 is 0 Å². The first-order valence-electron chi connectivity index (χ1n) is 4.16. The molecule has 0 saturated heterocycles. The van der Waals surface area contributed by atoms with E-state index in [0.29, 0.717) is 12.1 Å². The van der Waals surface area contributed by atoms with Gasteiger partial charge in [0.25, 0.3) is 21.2 Å². The van der Waals surface area contributed by atoms with Gasteiger partial charge in [0.05, 0.1) is 9.82 Å². The van der Waals surface area contributed by atoms with E-state index in [1.165, 1.54) is 0 Å². The fraction of sp³-hybridized carbons (Fsp3) is 0.250. The number of halogens is 3. The summed E-state index contributed by atoms with van der Waals surface area (Å²) in [7, 11) is 0.711. The van der Waals surface area contributed by atoms with Crippen molar-refractivity contribution in [3.8, 4) is 0 Å². The summed E-state index contributed by atoms with van der Waals surface area (Å²) in [5.74, 6) is 0. The summed E-state index contributed by atoms with van der Waals surface area (Å²) in [5, 5.41) is 10.5. The molecule has 0 aliphatic heterocycles. The Balaban J connectivity index is 3.67. The molecule has 0 N–H and O–H groups in total. The molecule has 94 valence electrons. The average molecular weight is 286 g/mol. The maximum Gasteiger partial charge on any atom is 0.271 e. The minimum atomic E-state index is -4.31. The van der Waals surface area contributed by atoms with E-state index in [4.69, 9.17) is 10.7 Å². The monoisotopic (exact) mass is 285 g/mol. The second-order valence-electron chi connectivity index (χ2n) is 3.15. The van der Waals surface area contributed by atoms with Crippen LogP contribution in [0.15, 0.2) is 17.0 Å². The Morgan fingerprint density at radius 3 is 2.29 bits per heavy atom. The first kappa shape index (κ1) is 13.8. The van der Waals surface area contributed by atoms with Crippen LogP contribution in [-0.4, -0.2) is 13.3 Å². The van der Waals surface area contributed by atoms with Gasteiger partial charge in [-0.1, -0.05) is 0 Å². The first-order chi connectivity index (χ1) is 7.64. The van der Waals surface area contributed by atoms with Gasteiger partial charge in [0.2, 0.25) is 0 Å². The number of nitro groups is 1. The number of hydrogen-bond acceptors (Lipinski definition) is 4. The molecular formula is C8H6ClF2NO4S. The van der Waals surface area contributed by atoms with Gasteiger partial charge in [-0.25, -0.2) is 17.2 Å². The number of non-ortho nitro benzene ring substituents is 1. The highest BCUT2D eigenvalue weighted by atomic mass is 35.7. The van der Waals surface area contributed by atoms with Crippen LogP contribution < -0.4 is 0 Å². The molecule has 0 aliphatic carbocycles. The van der Waals surface area contributed by atoms with E-state index < -0.39 is 36.5 Å². The molecule has 17 heavy (non-hydrogen) atoms. The average Bonchev–Trinajstić information content (AvgIpc) is 2.15. The Hall–Kier alpha value is -1.28. The van der Waals surface area contributed by atoms with Gasteiger partial charge in [-0.05, 0) is 12.5 Å². The Morgan fingerprint density at radius 1 is 1.41 bits per heavy atom. The smallest absolute Gasteiger partial charge is 0.258 e. The number of hydrogen-bond donors (Lipinski definition) is 0. The molecule has 0 aliphatic rings. The zero-order chi connectivity index (χ0) is 13.4. The van der Waals surface area contributed by atoms with Crippen molar-refractivity contribution in [3.05, 3.63) is 33.4 Å². The molecule has 1 rings (SSSR count). The summed E-state index contributed by atoms with van der Waals surface area (Å²) in [6.07, 6.45) is -3.02. The maximum absolute atomic E-state index is 12.6. The van der Waals surface area contributed by atoms with Gasteiger partial charge in [0, 0.05) is 28.4 Å². The van der Waals surface area contributed by atoms with Crippen LogP contribution in [0.25, 0.3) is 0 Å². The summed E-state index contributed by atoms with van der Waals surface area (Å²) in [5.41, 5.74) is -1.76. The van der Waals surface area contributed by atoms with Crippen LogP contribution >= 0.6 is 10.7 Å². The van der Waals surface area contributed by atoms with Crippen molar-refractivity contribution >= 4 is 25.4 Å². The number of nitrogens with zero attached hydrogens (tertiary/aromatic N) is 1. The molecule has 0 atom stereocenters.